The third kappa shape index (κ3) is 2.50. The van der Waals surface area contributed by atoms with Crippen LogP contribution in [0.4, 0.5) is 0 Å². The van der Waals surface area contributed by atoms with E-state index in [2.05, 4.69) is 41.3 Å². The first-order chi connectivity index (χ1) is 14.2. The summed E-state index contributed by atoms with van der Waals surface area (Å²) in [5, 5.41) is 2.45. The van der Waals surface area contributed by atoms with Gasteiger partial charge >= 0.3 is 0 Å². The van der Waals surface area contributed by atoms with Gasteiger partial charge in [-0.1, -0.05) is 12.1 Å². The van der Waals surface area contributed by atoms with Gasteiger partial charge in [0.25, 0.3) is 0 Å². The van der Waals surface area contributed by atoms with E-state index in [-0.39, 0.29) is 0 Å². The Morgan fingerprint density at radius 2 is 1.72 bits per heavy atom. The third-order valence-corrected chi connectivity index (χ3v) is 6.61. The second kappa shape index (κ2) is 6.29. The zero-order valence-corrected chi connectivity index (χ0v) is 16.7. The molecule has 0 aliphatic carbocycles. The molecule has 5 nitrogen and oxygen atoms in total. The number of ether oxygens (including phenoxy) is 4. The van der Waals surface area contributed by atoms with Crippen LogP contribution in [-0.4, -0.2) is 32.5 Å². The van der Waals surface area contributed by atoms with Gasteiger partial charge in [0.2, 0.25) is 6.79 Å². The molecule has 1 unspecified atom stereocenters. The standard InChI is InChI=1S/C24H23NO4/c1-26-21-8-15-4-3-14-7-20-18-11-24-23(28-13-29-24)9-16(18)5-6-25(20)12-19(14)17(15)10-22(21)27-2/h3-4,8-11,20H,5-7,12-13H2,1-2H3. The molecule has 0 spiro atoms. The molecule has 0 saturated carbocycles. The average Bonchev–Trinajstić information content (AvgIpc) is 3.22. The Hall–Kier alpha value is -2.92. The van der Waals surface area contributed by atoms with Crippen LogP contribution in [0.1, 0.15) is 28.3 Å². The summed E-state index contributed by atoms with van der Waals surface area (Å²) in [5.41, 5.74) is 5.60. The molecular weight excluding hydrogens is 366 g/mol. The Labute approximate surface area is 169 Å². The fraction of sp³-hybridized carbons (Fsp3) is 0.333. The molecule has 3 aromatic rings. The predicted octanol–water partition coefficient (Wildman–Crippen LogP) is 4.24. The van der Waals surface area contributed by atoms with Crippen molar-refractivity contribution in [2.45, 2.75) is 25.4 Å². The van der Waals surface area contributed by atoms with E-state index in [4.69, 9.17) is 18.9 Å². The summed E-state index contributed by atoms with van der Waals surface area (Å²) >= 11 is 0. The Morgan fingerprint density at radius 3 is 2.55 bits per heavy atom. The fourth-order valence-electron chi connectivity index (χ4n) is 5.12. The van der Waals surface area contributed by atoms with Crippen LogP contribution >= 0.6 is 0 Å². The molecule has 0 fully saturated rings. The highest BCUT2D eigenvalue weighted by Crippen LogP contribution is 2.45. The lowest BCUT2D eigenvalue weighted by atomic mass is 9.82. The van der Waals surface area contributed by atoms with Gasteiger partial charge in [0, 0.05) is 19.1 Å². The molecule has 3 aromatic carbocycles. The molecule has 3 heterocycles. The summed E-state index contributed by atoms with van der Waals surface area (Å²) in [4.78, 5) is 2.60. The summed E-state index contributed by atoms with van der Waals surface area (Å²) < 4.78 is 22.3. The van der Waals surface area contributed by atoms with Crippen LogP contribution in [0.25, 0.3) is 10.8 Å². The lowest BCUT2D eigenvalue weighted by Gasteiger charge is -2.42. The van der Waals surface area contributed by atoms with Gasteiger partial charge in [-0.25, -0.2) is 0 Å². The second-order valence-corrected chi connectivity index (χ2v) is 7.98. The molecule has 0 bridgehead atoms. The van der Waals surface area contributed by atoms with Crippen LogP contribution < -0.4 is 18.9 Å². The molecular formula is C24H23NO4. The molecule has 6 rings (SSSR count). The number of benzene rings is 3. The molecule has 0 aromatic heterocycles. The number of methoxy groups -OCH3 is 2. The molecule has 5 heteroatoms. The molecule has 0 amide bonds. The number of nitrogens with zero attached hydrogens (tertiary/aromatic N) is 1. The van der Waals surface area contributed by atoms with Crippen LogP contribution in [0, 0.1) is 0 Å². The van der Waals surface area contributed by atoms with E-state index < -0.39 is 0 Å². The molecule has 3 aliphatic heterocycles. The normalized spacial score (nSPS) is 19.4. The first kappa shape index (κ1) is 17.0. The monoisotopic (exact) mass is 389 g/mol. The van der Waals surface area contributed by atoms with Crippen LogP contribution in [0.5, 0.6) is 23.0 Å². The largest absolute Gasteiger partial charge is 0.493 e. The Bertz CT molecular complexity index is 1140. The zero-order chi connectivity index (χ0) is 19.5. The minimum Gasteiger partial charge on any atom is -0.493 e. The van der Waals surface area contributed by atoms with Crippen molar-refractivity contribution in [2.24, 2.45) is 0 Å². The highest BCUT2D eigenvalue weighted by Gasteiger charge is 2.34. The average molecular weight is 389 g/mol. The highest BCUT2D eigenvalue weighted by atomic mass is 16.7. The highest BCUT2D eigenvalue weighted by molar-refractivity contribution is 5.90. The van der Waals surface area contributed by atoms with Crippen LogP contribution in [0.3, 0.4) is 0 Å². The number of hydrogen-bond acceptors (Lipinski definition) is 5. The van der Waals surface area contributed by atoms with Crippen LogP contribution in [0.15, 0.2) is 36.4 Å². The quantitative estimate of drug-likeness (QED) is 0.656. The lowest BCUT2D eigenvalue weighted by Crippen LogP contribution is -2.39. The number of rotatable bonds is 2. The van der Waals surface area contributed by atoms with Gasteiger partial charge in [0.1, 0.15) is 0 Å². The summed E-state index contributed by atoms with van der Waals surface area (Å²) in [6.45, 7) is 2.33. The maximum absolute atomic E-state index is 5.65. The van der Waals surface area contributed by atoms with Gasteiger partial charge in [0.15, 0.2) is 23.0 Å². The second-order valence-electron chi connectivity index (χ2n) is 7.98. The maximum atomic E-state index is 5.65. The van der Waals surface area contributed by atoms with Gasteiger partial charge in [-0.15, -0.1) is 0 Å². The van der Waals surface area contributed by atoms with Gasteiger partial charge in [-0.05, 0) is 70.1 Å². The first-order valence-corrected chi connectivity index (χ1v) is 10.1. The predicted molar refractivity (Wildman–Crippen MR) is 110 cm³/mol. The van der Waals surface area contributed by atoms with E-state index in [9.17, 15) is 0 Å². The van der Waals surface area contributed by atoms with E-state index in [1.54, 1.807) is 14.2 Å². The summed E-state index contributed by atoms with van der Waals surface area (Å²) in [6.07, 6.45) is 2.05. The van der Waals surface area contributed by atoms with Crippen molar-refractivity contribution < 1.29 is 18.9 Å². The molecule has 0 radical (unpaired) electrons. The minimum atomic E-state index is 0.326. The van der Waals surface area contributed by atoms with Gasteiger partial charge < -0.3 is 18.9 Å². The van der Waals surface area contributed by atoms with Crippen molar-refractivity contribution in [3.8, 4) is 23.0 Å². The summed E-state index contributed by atoms with van der Waals surface area (Å²) in [6, 6.07) is 13.5. The van der Waals surface area contributed by atoms with Crippen molar-refractivity contribution in [3.05, 3.63) is 58.7 Å². The molecule has 3 aliphatic rings. The van der Waals surface area contributed by atoms with Crippen LogP contribution in [0.2, 0.25) is 0 Å². The van der Waals surface area contributed by atoms with E-state index in [0.29, 0.717) is 12.8 Å². The van der Waals surface area contributed by atoms with E-state index >= 15 is 0 Å². The summed E-state index contributed by atoms with van der Waals surface area (Å²) in [7, 11) is 3.38. The van der Waals surface area contributed by atoms with Gasteiger partial charge in [-0.3, -0.25) is 4.90 Å². The summed E-state index contributed by atoms with van der Waals surface area (Å²) in [5.74, 6) is 3.33. The van der Waals surface area contributed by atoms with Gasteiger partial charge in [-0.2, -0.15) is 0 Å². The van der Waals surface area contributed by atoms with E-state index in [1.165, 1.54) is 33.0 Å². The fourth-order valence-corrected chi connectivity index (χ4v) is 5.12. The van der Waals surface area contributed by atoms with Crippen LogP contribution in [-0.2, 0) is 19.4 Å². The third-order valence-electron chi connectivity index (χ3n) is 6.61. The Balaban J connectivity index is 1.45. The molecule has 29 heavy (non-hydrogen) atoms. The minimum absolute atomic E-state index is 0.326. The molecule has 148 valence electrons. The number of hydrogen-bond donors (Lipinski definition) is 0. The molecule has 0 saturated heterocycles. The van der Waals surface area contributed by atoms with Gasteiger partial charge in [0.05, 0.1) is 14.2 Å². The molecule has 1 atom stereocenters. The Morgan fingerprint density at radius 1 is 0.931 bits per heavy atom. The van der Waals surface area contributed by atoms with Crippen molar-refractivity contribution >= 4 is 10.8 Å². The van der Waals surface area contributed by atoms with E-state index in [0.717, 1.165) is 48.9 Å². The first-order valence-electron chi connectivity index (χ1n) is 10.1. The lowest BCUT2D eigenvalue weighted by molar-refractivity contribution is 0.161. The zero-order valence-electron chi connectivity index (χ0n) is 16.7. The van der Waals surface area contributed by atoms with Crippen molar-refractivity contribution in [3.63, 3.8) is 0 Å². The van der Waals surface area contributed by atoms with Crippen molar-refractivity contribution in [1.82, 2.24) is 4.90 Å². The number of fused-ring (bicyclic) bond motifs is 7. The topological polar surface area (TPSA) is 40.2 Å². The van der Waals surface area contributed by atoms with Crippen molar-refractivity contribution in [2.75, 3.05) is 27.6 Å². The smallest absolute Gasteiger partial charge is 0.231 e. The Kier molecular flexibility index (Phi) is 3.68. The molecule has 0 N–H and O–H groups in total. The van der Waals surface area contributed by atoms with E-state index in [1.807, 2.05) is 0 Å². The SMILES string of the molecule is COc1cc2ccc3c(c2cc1OC)CN1CCc2cc4c(cc2C1C3)OCO4. The maximum Gasteiger partial charge on any atom is 0.231 e. The van der Waals surface area contributed by atoms with Crippen molar-refractivity contribution in [1.29, 1.82) is 0 Å².